The molecule has 412 valence electrons. The number of allylic oxidation sites excluding steroid dienone is 1. The minimum absolute atomic E-state index is 0.0330. The van der Waals surface area contributed by atoms with Crippen molar-refractivity contribution >= 4 is 69.1 Å². The molecule has 28 heteroatoms. The summed E-state index contributed by atoms with van der Waals surface area (Å²) in [5.41, 5.74) is 4.29. The summed E-state index contributed by atoms with van der Waals surface area (Å²) < 4.78 is 62.5. The molecular weight excluding hydrogens is 1020 g/mol. The van der Waals surface area contributed by atoms with Crippen molar-refractivity contribution in [3.05, 3.63) is 24.8 Å². The van der Waals surface area contributed by atoms with E-state index < -0.39 is 84.6 Å². The molecule has 0 aromatic carbocycles. The number of aliphatic hydroxyl groups is 2. The van der Waals surface area contributed by atoms with Crippen LogP contribution in [0.1, 0.15) is 155 Å². The number of hydrogen-bond donors (Lipinski definition) is 9. The number of hydrogen-bond acceptors (Lipinski definition) is 18. The summed E-state index contributed by atoms with van der Waals surface area (Å²) in [6, 6.07) is 0. The first-order chi connectivity index (χ1) is 34.1. The summed E-state index contributed by atoms with van der Waals surface area (Å²) in [7, 11) is -16.4. The van der Waals surface area contributed by atoms with Crippen LogP contribution >= 0.6 is 35.2 Å². The highest BCUT2D eigenvalue weighted by Gasteiger charge is 2.50. The van der Waals surface area contributed by atoms with Gasteiger partial charge in [-0.15, -0.1) is 0 Å². The SMILES string of the molecule is CCCCCCCCCCCCCCCCCCCC/C=C/C(=O)SCCNC(=O)CCNC(=O)C(O)C(C)(C)COP(=O)(O)OP(=O)(O)OCC1OC(n2cnc3c(N)ncnc32)C(O)C1OP(=O)(O)O. The van der Waals surface area contributed by atoms with Crippen LogP contribution in [0.3, 0.4) is 0 Å². The molecule has 1 saturated heterocycles. The number of carbonyl (C=O) groups is 3. The van der Waals surface area contributed by atoms with Gasteiger partial charge in [-0.3, -0.25) is 32.5 Å². The van der Waals surface area contributed by atoms with E-state index in [1.807, 2.05) is 6.08 Å². The summed E-state index contributed by atoms with van der Waals surface area (Å²) in [5.74, 6) is -1.09. The molecule has 24 nitrogen and oxygen atoms in total. The van der Waals surface area contributed by atoms with Crippen LogP contribution < -0.4 is 16.4 Å². The molecule has 72 heavy (non-hydrogen) atoms. The van der Waals surface area contributed by atoms with Crippen LogP contribution in [0.4, 0.5) is 5.82 Å². The molecule has 0 bridgehead atoms. The number of nitrogens with one attached hydrogen (secondary N) is 2. The molecule has 3 heterocycles. The Morgan fingerprint density at radius 3 is 2.00 bits per heavy atom. The number of fused-ring (bicyclic) bond motifs is 1. The van der Waals surface area contributed by atoms with Crippen molar-refractivity contribution in [3.8, 4) is 0 Å². The van der Waals surface area contributed by atoms with Gasteiger partial charge in [-0.25, -0.2) is 28.6 Å². The van der Waals surface area contributed by atoms with Crippen molar-refractivity contribution in [1.29, 1.82) is 0 Å². The van der Waals surface area contributed by atoms with E-state index in [0.29, 0.717) is 5.75 Å². The fourth-order valence-electron chi connectivity index (χ4n) is 7.67. The number of aromatic nitrogens is 4. The number of amides is 2. The van der Waals surface area contributed by atoms with E-state index in [1.165, 1.54) is 117 Å². The van der Waals surface area contributed by atoms with Crippen LogP contribution in [0.5, 0.6) is 0 Å². The zero-order valence-electron chi connectivity index (χ0n) is 41.7. The number of nitrogens with two attached hydrogens (primary N) is 1. The Labute approximate surface area is 426 Å². The lowest BCUT2D eigenvalue weighted by Gasteiger charge is -2.30. The van der Waals surface area contributed by atoms with E-state index in [9.17, 15) is 57.9 Å². The Kier molecular flexibility index (Phi) is 28.9. The summed E-state index contributed by atoms with van der Waals surface area (Å²) in [6.07, 6.45) is 21.1. The van der Waals surface area contributed by atoms with Crippen molar-refractivity contribution in [2.45, 2.75) is 180 Å². The Bertz CT molecular complexity index is 2130. The van der Waals surface area contributed by atoms with Gasteiger partial charge < -0.3 is 50.9 Å². The zero-order chi connectivity index (χ0) is 53.2. The van der Waals surface area contributed by atoms with Gasteiger partial charge in [0, 0.05) is 30.7 Å². The van der Waals surface area contributed by atoms with E-state index in [4.69, 9.17) is 19.5 Å². The number of nitrogen functional groups attached to an aromatic ring is 1. The third kappa shape index (κ3) is 24.8. The first kappa shape index (κ1) is 63.6. The van der Waals surface area contributed by atoms with E-state index >= 15 is 0 Å². The predicted molar refractivity (Wildman–Crippen MR) is 270 cm³/mol. The number of thioether (sulfide) groups is 1. The van der Waals surface area contributed by atoms with Crippen molar-refractivity contribution in [1.82, 2.24) is 30.2 Å². The average Bonchev–Trinajstić information content (AvgIpc) is 3.87. The van der Waals surface area contributed by atoms with E-state index in [2.05, 4.69) is 41.3 Å². The standard InChI is InChI=1S/C44H78N7O17P3S/c1-4-5-6-7-8-9-10-11-12-13-14-15-16-17-18-19-20-21-22-23-24-35(53)72-28-27-46-34(52)25-26-47-42(56)39(55)44(2,3)30-65-71(62,63)68-70(60,61)64-29-33-38(67-69(57,58)59)37(54)43(66-33)51-32-50-36-40(45)48-31-49-41(36)51/h23-24,31-33,37-39,43,54-55H,4-22,25-30H2,1-3H3,(H,46,52)(H,47,56)(H,60,61)(H,62,63)(H2,45,48,49)(H2,57,58,59)/b24-23+. The largest absolute Gasteiger partial charge is 0.481 e. The Morgan fingerprint density at radius 1 is 0.847 bits per heavy atom. The first-order valence-corrected chi connectivity index (χ1v) is 30.3. The lowest BCUT2D eigenvalue weighted by molar-refractivity contribution is -0.137. The number of unbranched alkanes of at least 4 members (excludes halogenated alkanes) is 18. The molecular formula is C44H78N7O17P3S. The maximum absolute atomic E-state index is 12.8. The van der Waals surface area contributed by atoms with Gasteiger partial charge in [0.05, 0.1) is 19.5 Å². The number of nitrogens with zero attached hydrogens (tertiary/aromatic N) is 4. The molecule has 2 aromatic heterocycles. The number of rotatable bonds is 39. The number of phosphoric ester groups is 3. The number of aliphatic hydroxyl groups excluding tert-OH is 2. The molecule has 0 aliphatic carbocycles. The van der Waals surface area contributed by atoms with Crippen LogP contribution in [-0.4, -0.2) is 123 Å². The maximum Gasteiger partial charge on any atom is 0.481 e. The van der Waals surface area contributed by atoms with Gasteiger partial charge in [0.25, 0.3) is 0 Å². The number of phosphoric acid groups is 3. The molecule has 2 aromatic rings. The van der Waals surface area contributed by atoms with Crippen molar-refractivity contribution in [2.24, 2.45) is 5.41 Å². The highest BCUT2D eigenvalue weighted by molar-refractivity contribution is 8.14. The summed E-state index contributed by atoms with van der Waals surface area (Å²) in [5, 5.41) is 26.5. The smallest absolute Gasteiger partial charge is 0.386 e. The molecule has 7 unspecified atom stereocenters. The Hall–Kier alpha value is -2.70. The molecule has 3 rings (SSSR count). The first-order valence-electron chi connectivity index (χ1n) is 24.8. The van der Waals surface area contributed by atoms with Crippen LogP contribution in [0, 0.1) is 5.41 Å². The monoisotopic (exact) mass is 1100 g/mol. The molecule has 0 spiro atoms. The number of imidazole rings is 1. The third-order valence-electron chi connectivity index (χ3n) is 11.7. The van der Waals surface area contributed by atoms with Crippen molar-refractivity contribution < 1.29 is 80.5 Å². The van der Waals surface area contributed by atoms with E-state index in [0.717, 1.165) is 48.2 Å². The molecule has 0 radical (unpaired) electrons. The summed E-state index contributed by atoms with van der Waals surface area (Å²) >= 11 is 1.07. The van der Waals surface area contributed by atoms with Gasteiger partial charge in [-0.05, 0) is 18.9 Å². The Balaban J connectivity index is 1.25. The Morgan fingerprint density at radius 2 is 1.42 bits per heavy atom. The topological polar surface area (TPSA) is 364 Å². The summed E-state index contributed by atoms with van der Waals surface area (Å²) in [6.45, 7) is 2.79. The average molecular weight is 1100 g/mol. The van der Waals surface area contributed by atoms with Crippen molar-refractivity contribution in [3.63, 3.8) is 0 Å². The number of ether oxygens (including phenoxy) is 1. The van der Waals surface area contributed by atoms with Gasteiger partial charge in [-0.1, -0.05) is 148 Å². The molecule has 1 aliphatic heterocycles. The second-order valence-corrected chi connectivity index (χ2v) is 23.8. The lowest BCUT2D eigenvalue weighted by Crippen LogP contribution is -2.46. The molecule has 2 amide bonds. The molecule has 1 aliphatic rings. The maximum atomic E-state index is 12.8. The normalized spacial score (nSPS) is 19.6. The van der Waals surface area contributed by atoms with Gasteiger partial charge in [-0.2, -0.15) is 4.31 Å². The predicted octanol–water partition coefficient (Wildman–Crippen LogP) is 6.65. The highest BCUT2D eigenvalue weighted by atomic mass is 32.2. The molecule has 0 saturated carbocycles. The quantitative estimate of drug-likeness (QED) is 0.0192. The van der Waals surface area contributed by atoms with Gasteiger partial charge in [0.1, 0.15) is 36.3 Å². The second kappa shape index (κ2) is 32.7. The fourth-order valence-corrected chi connectivity index (χ4v) is 11.1. The zero-order valence-corrected chi connectivity index (χ0v) is 45.2. The van der Waals surface area contributed by atoms with Crippen LogP contribution in [-0.2, 0) is 50.7 Å². The molecule has 7 atom stereocenters. The van der Waals surface area contributed by atoms with Crippen molar-refractivity contribution in [2.75, 3.05) is 37.8 Å². The van der Waals surface area contributed by atoms with Crippen LogP contribution in [0.15, 0.2) is 24.8 Å². The lowest BCUT2D eigenvalue weighted by atomic mass is 9.87. The minimum Gasteiger partial charge on any atom is -0.386 e. The van der Waals surface area contributed by atoms with Crippen LogP contribution in [0.25, 0.3) is 11.2 Å². The third-order valence-corrected chi connectivity index (χ3v) is 15.7. The van der Waals surface area contributed by atoms with Gasteiger partial charge >= 0.3 is 23.5 Å². The van der Waals surface area contributed by atoms with E-state index in [1.54, 1.807) is 6.08 Å². The molecule has 1 fully saturated rings. The summed E-state index contributed by atoms with van der Waals surface area (Å²) in [4.78, 5) is 88.4. The fraction of sp³-hybridized carbons (Fsp3) is 0.773. The number of carbonyl (C=O) groups excluding carboxylic acids is 3. The van der Waals surface area contributed by atoms with Gasteiger partial charge in [0.15, 0.2) is 17.7 Å². The van der Waals surface area contributed by atoms with E-state index in [-0.39, 0.29) is 41.6 Å². The highest BCUT2D eigenvalue weighted by Crippen LogP contribution is 2.61. The van der Waals surface area contributed by atoms with Crippen LogP contribution in [0.2, 0.25) is 0 Å². The number of anilines is 1. The minimum atomic E-state index is -5.58. The van der Waals surface area contributed by atoms with Gasteiger partial charge in [0.2, 0.25) is 16.9 Å². The molecule has 10 N–H and O–H groups in total. The second-order valence-electron chi connectivity index (χ2n) is 18.4.